The smallest absolute Gasteiger partial charge is 0.235 e. The first kappa shape index (κ1) is 20.1. The predicted molar refractivity (Wildman–Crippen MR) is 113 cm³/mol. The molecule has 8 heteroatoms. The number of aromatic nitrogens is 3. The minimum atomic E-state index is -0.428. The third kappa shape index (κ3) is 4.21. The fourth-order valence-corrected chi connectivity index (χ4v) is 4.29. The molecule has 1 aliphatic carbocycles. The second kappa shape index (κ2) is 8.67. The highest BCUT2D eigenvalue weighted by molar-refractivity contribution is 8.00. The van der Waals surface area contributed by atoms with Crippen LogP contribution in [0.5, 0.6) is 0 Å². The molecule has 1 aromatic carbocycles. The molecule has 1 N–H and O–H groups in total. The number of carbonyl (C=O) groups excluding carboxylic acids is 1. The van der Waals surface area contributed by atoms with E-state index in [0.717, 1.165) is 36.9 Å². The summed E-state index contributed by atoms with van der Waals surface area (Å²) in [5, 5.41) is 17.1. The van der Waals surface area contributed by atoms with E-state index >= 15 is 0 Å². The average molecular weight is 422 g/mol. The summed E-state index contributed by atoms with van der Waals surface area (Å²) in [5.74, 6) is -0.229. The number of anilines is 1. The van der Waals surface area contributed by atoms with E-state index in [-0.39, 0.29) is 17.3 Å². The van der Waals surface area contributed by atoms with E-state index in [1.807, 2.05) is 6.07 Å². The van der Waals surface area contributed by atoms with Crippen LogP contribution in [-0.4, -0.2) is 26.4 Å². The number of nitriles is 1. The molecule has 0 bridgehead atoms. The Hall–Kier alpha value is -3.18. The zero-order valence-corrected chi connectivity index (χ0v) is 17.3. The van der Waals surface area contributed by atoms with Crippen molar-refractivity contribution >= 4 is 23.5 Å². The molecular weight excluding hydrogens is 401 g/mol. The largest absolute Gasteiger partial charge is 0.310 e. The van der Waals surface area contributed by atoms with Crippen LogP contribution >= 0.6 is 11.8 Å². The number of rotatable bonds is 5. The summed E-state index contributed by atoms with van der Waals surface area (Å²) in [6, 6.07) is 12.0. The van der Waals surface area contributed by atoms with E-state index in [9.17, 15) is 14.4 Å². The van der Waals surface area contributed by atoms with Gasteiger partial charge in [-0.25, -0.2) is 14.1 Å². The quantitative estimate of drug-likeness (QED) is 0.625. The molecule has 1 amide bonds. The van der Waals surface area contributed by atoms with Gasteiger partial charge in [-0.15, -0.1) is 0 Å². The average Bonchev–Trinajstić information content (AvgIpc) is 3.11. The molecule has 0 saturated heterocycles. The van der Waals surface area contributed by atoms with Crippen molar-refractivity contribution in [1.82, 2.24) is 14.8 Å². The molecule has 4 rings (SSSR count). The number of halogens is 1. The van der Waals surface area contributed by atoms with Crippen molar-refractivity contribution in [3.05, 3.63) is 64.7 Å². The molecule has 6 nitrogen and oxygen atoms in total. The molecular formula is C22H20FN5OS. The minimum absolute atomic E-state index is 0.0853. The number of amides is 1. The molecule has 1 aliphatic rings. The summed E-state index contributed by atoms with van der Waals surface area (Å²) in [5.41, 5.74) is 3.58. The van der Waals surface area contributed by atoms with E-state index in [1.54, 1.807) is 31.2 Å². The highest BCUT2D eigenvalue weighted by Gasteiger charge is 2.18. The van der Waals surface area contributed by atoms with Gasteiger partial charge in [0.2, 0.25) is 5.91 Å². The second-order valence-electron chi connectivity index (χ2n) is 7.14. The molecule has 0 aliphatic heterocycles. The van der Waals surface area contributed by atoms with E-state index in [1.165, 1.54) is 22.5 Å². The first-order chi connectivity index (χ1) is 14.5. The van der Waals surface area contributed by atoms with Gasteiger partial charge in [-0.2, -0.15) is 10.4 Å². The van der Waals surface area contributed by atoms with E-state index in [4.69, 9.17) is 0 Å². The van der Waals surface area contributed by atoms with Gasteiger partial charge < -0.3 is 5.32 Å². The Morgan fingerprint density at radius 3 is 2.90 bits per heavy atom. The number of carbonyl (C=O) groups is 1. The van der Waals surface area contributed by atoms with Gasteiger partial charge in [-0.1, -0.05) is 23.9 Å². The van der Waals surface area contributed by atoms with Crippen molar-refractivity contribution in [1.29, 1.82) is 5.26 Å². The first-order valence-electron chi connectivity index (χ1n) is 9.72. The highest BCUT2D eigenvalue weighted by Crippen LogP contribution is 2.27. The maximum atomic E-state index is 14.2. The topological polar surface area (TPSA) is 83.6 Å². The molecule has 152 valence electrons. The third-order valence-electron chi connectivity index (χ3n) is 4.91. The zero-order chi connectivity index (χ0) is 21.1. The molecule has 0 unspecified atom stereocenters. The fraction of sp³-hybridized carbons (Fsp3) is 0.273. The molecule has 0 spiro atoms. The van der Waals surface area contributed by atoms with E-state index < -0.39 is 5.82 Å². The Kier molecular flexibility index (Phi) is 5.81. The molecule has 2 aromatic heterocycles. The Balaban J connectivity index is 1.49. The number of benzene rings is 1. The number of thioether (sulfide) groups is 1. The molecule has 0 fully saturated rings. The summed E-state index contributed by atoms with van der Waals surface area (Å²) in [7, 11) is 0. The van der Waals surface area contributed by atoms with Gasteiger partial charge in [0.1, 0.15) is 28.4 Å². The second-order valence-corrected chi connectivity index (χ2v) is 8.10. The Labute approximate surface area is 178 Å². The van der Waals surface area contributed by atoms with Gasteiger partial charge in [0.15, 0.2) is 0 Å². The lowest BCUT2D eigenvalue weighted by Gasteiger charge is -2.16. The van der Waals surface area contributed by atoms with Crippen LogP contribution in [0.1, 0.15) is 35.4 Å². The maximum Gasteiger partial charge on any atom is 0.235 e. The van der Waals surface area contributed by atoms with Crippen LogP contribution in [-0.2, 0) is 17.6 Å². The lowest BCUT2D eigenvalue weighted by atomic mass is 9.95. The zero-order valence-electron chi connectivity index (χ0n) is 16.5. The van der Waals surface area contributed by atoms with Crippen LogP contribution in [0.4, 0.5) is 10.2 Å². The molecule has 3 aromatic rings. The minimum Gasteiger partial charge on any atom is -0.310 e. The van der Waals surface area contributed by atoms with Gasteiger partial charge in [0, 0.05) is 11.8 Å². The first-order valence-corrected chi connectivity index (χ1v) is 10.7. The van der Waals surface area contributed by atoms with Gasteiger partial charge in [-0.05, 0) is 56.4 Å². The summed E-state index contributed by atoms with van der Waals surface area (Å²) in [6.45, 7) is 1.78. The summed E-state index contributed by atoms with van der Waals surface area (Å²) in [6.07, 6.45) is 4.06. The summed E-state index contributed by atoms with van der Waals surface area (Å²) >= 11 is 1.23. The number of hydrogen-bond donors (Lipinski definition) is 1. The van der Waals surface area contributed by atoms with Gasteiger partial charge in [-0.3, -0.25) is 4.79 Å². The van der Waals surface area contributed by atoms with Crippen LogP contribution in [0.25, 0.3) is 5.69 Å². The number of nitrogens with zero attached hydrogens (tertiary/aromatic N) is 4. The number of para-hydroxylation sites is 1. The lowest BCUT2D eigenvalue weighted by molar-refractivity contribution is -0.113. The number of fused-ring (bicyclic) bond motifs is 1. The molecule has 30 heavy (non-hydrogen) atoms. The van der Waals surface area contributed by atoms with Crippen LogP contribution in [0.15, 0.2) is 41.4 Å². The normalized spacial score (nSPS) is 12.8. The molecule has 0 saturated carbocycles. The van der Waals surface area contributed by atoms with Crippen molar-refractivity contribution in [2.24, 2.45) is 0 Å². The maximum absolute atomic E-state index is 14.2. The number of pyridine rings is 1. The van der Waals surface area contributed by atoms with Crippen molar-refractivity contribution in [2.45, 2.75) is 37.6 Å². The molecule has 0 atom stereocenters. The predicted octanol–water partition coefficient (Wildman–Crippen LogP) is 4.20. The fourth-order valence-electron chi connectivity index (χ4n) is 3.51. The van der Waals surface area contributed by atoms with Crippen LogP contribution in [0.2, 0.25) is 0 Å². The van der Waals surface area contributed by atoms with Gasteiger partial charge >= 0.3 is 0 Å². The van der Waals surface area contributed by atoms with Crippen molar-refractivity contribution in [3.8, 4) is 11.8 Å². The summed E-state index contributed by atoms with van der Waals surface area (Å²) in [4.78, 5) is 17.2. The van der Waals surface area contributed by atoms with E-state index in [2.05, 4.69) is 21.5 Å². The number of nitrogens with one attached hydrogen (secondary N) is 1. The Morgan fingerprint density at radius 2 is 2.10 bits per heavy atom. The Bertz CT molecular complexity index is 1150. The van der Waals surface area contributed by atoms with Gasteiger partial charge in [0.25, 0.3) is 0 Å². The summed E-state index contributed by atoms with van der Waals surface area (Å²) < 4.78 is 15.6. The number of aryl methyl sites for hydroxylation is 3. The highest BCUT2D eigenvalue weighted by atomic mass is 32.2. The van der Waals surface area contributed by atoms with Crippen LogP contribution in [0, 0.1) is 24.1 Å². The van der Waals surface area contributed by atoms with Crippen LogP contribution < -0.4 is 5.32 Å². The third-order valence-corrected chi connectivity index (χ3v) is 5.90. The monoisotopic (exact) mass is 421 g/mol. The van der Waals surface area contributed by atoms with Crippen molar-refractivity contribution in [3.63, 3.8) is 0 Å². The van der Waals surface area contributed by atoms with E-state index in [0.29, 0.717) is 22.1 Å². The Morgan fingerprint density at radius 1 is 1.30 bits per heavy atom. The van der Waals surface area contributed by atoms with Gasteiger partial charge in [0.05, 0.1) is 17.0 Å². The standard InChI is InChI=1S/C22H20FN5OS/c1-14-10-20(28(27-14)19-9-5-3-7-17(19)23)26-21(29)13-30-22-16(12-24)11-15-6-2-4-8-18(15)25-22/h3,5,7,9-11H,2,4,6,8,13H2,1H3,(H,26,29). The van der Waals surface area contributed by atoms with Crippen LogP contribution in [0.3, 0.4) is 0 Å². The van der Waals surface area contributed by atoms with Crippen molar-refractivity contribution < 1.29 is 9.18 Å². The molecule has 0 radical (unpaired) electrons. The lowest BCUT2D eigenvalue weighted by Crippen LogP contribution is -2.17. The van der Waals surface area contributed by atoms with Crippen molar-refractivity contribution in [2.75, 3.05) is 11.1 Å². The SMILES string of the molecule is Cc1cc(NC(=O)CSc2nc3c(cc2C#N)CCCC3)n(-c2ccccc2F)n1. The molecule has 2 heterocycles. The number of hydrogen-bond acceptors (Lipinski definition) is 5.